The van der Waals surface area contributed by atoms with Gasteiger partial charge in [-0.3, -0.25) is 0 Å². The van der Waals surface area contributed by atoms with Gasteiger partial charge < -0.3 is 27.4 Å². The van der Waals surface area contributed by atoms with Crippen molar-refractivity contribution in [3.63, 3.8) is 0 Å². The van der Waals surface area contributed by atoms with Crippen LogP contribution in [0.5, 0.6) is 0 Å². The summed E-state index contributed by atoms with van der Waals surface area (Å²) < 4.78 is 0. The molecule has 2 nitrogen and oxygen atoms in total. The minimum atomic E-state index is 0. The van der Waals surface area contributed by atoms with E-state index in [-0.39, 0.29) is 17.0 Å². The van der Waals surface area contributed by atoms with Crippen molar-refractivity contribution >= 4 is 0 Å². The lowest BCUT2D eigenvalue weighted by atomic mass is 10.5. The molecular weight excluding hydrogens is 158 g/mol. The standard InChI is InChI=1S/C4H11NO.BrH/c1-5-3-2-4-6;/h5-6H,2-4H2,1H3;1H. The van der Waals surface area contributed by atoms with Crippen LogP contribution in [0.2, 0.25) is 0 Å². The number of hydrogen-bond donors (Lipinski definition) is 2. The molecule has 0 heterocycles. The number of hydrogen-bond acceptors (Lipinski definition) is 1. The van der Waals surface area contributed by atoms with Gasteiger partial charge in [0.25, 0.3) is 0 Å². The Labute approximate surface area is 54.7 Å². The lowest BCUT2D eigenvalue weighted by Crippen LogP contribution is -3.00. The van der Waals surface area contributed by atoms with Gasteiger partial charge in [-0.2, -0.15) is 0 Å². The lowest BCUT2D eigenvalue weighted by Gasteiger charge is -1.86. The Hall–Kier alpha value is 0.400. The van der Waals surface area contributed by atoms with Crippen molar-refractivity contribution < 1.29 is 27.4 Å². The van der Waals surface area contributed by atoms with Crippen molar-refractivity contribution in [1.29, 1.82) is 0 Å². The van der Waals surface area contributed by atoms with Crippen molar-refractivity contribution in [2.75, 3.05) is 20.2 Å². The molecule has 0 fully saturated rings. The van der Waals surface area contributed by atoms with Crippen LogP contribution in [0.15, 0.2) is 0 Å². The van der Waals surface area contributed by atoms with Crippen molar-refractivity contribution in [3.05, 3.63) is 0 Å². The first-order chi connectivity index (χ1) is 2.91. The average molecular weight is 170 g/mol. The minimum absolute atomic E-state index is 0. The fourth-order valence-corrected chi connectivity index (χ4v) is 0.295. The second-order valence-corrected chi connectivity index (χ2v) is 1.27. The molecule has 0 aliphatic rings. The summed E-state index contributed by atoms with van der Waals surface area (Å²) in [6, 6.07) is 0. The number of nitrogens with two attached hydrogens (primary N) is 1. The molecule has 0 unspecified atom stereocenters. The van der Waals surface area contributed by atoms with E-state index in [9.17, 15) is 0 Å². The highest BCUT2D eigenvalue weighted by Gasteiger charge is 1.77. The summed E-state index contributed by atoms with van der Waals surface area (Å²) in [5.41, 5.74) is 0. The first-order valence-electron chi connectivity index (χ1n) is 2.30. The van der Waals surface area contributed by atoms with E-state index in [0.717, 1.165) is 13.0 Å². The molecule has 0 rings (SSSR count). The predicted octanol–water partition coefficient (Wildman–Crippen LogP) is -4.43. The Morgan fingerprint density at radius 1 is 1.57 bits per heavy atom. The molecule has 0 saturated heterocycles. The highest BCUT2D eigenvalue weighted by Crippen LogP contribution is 1.61. The summed E-state index contributed by atoms with van der Waals surface area (Å²) in [5, 5.41) is 10.2. The normalized spacial score (nSPS) is 7.71. The molecule has 3 N–H and O–H groups in total. The first kappa shape index (κ1) is 10.4. The molecule has 3 heteroatoms. The van der Waals surface area contributed by atoms with Crippen molar-refractivity contribution in [3.8, 4) is 0 Å². The molecule has 0 aliphatic heterocycles. The van der Waals surface area contributed by atoms with E-state index in [2.05, 4.69) is 5.32 Å². The van der Waals surface area contributed by atoms with E-state index >= 15 is 0 Å². The van der Waals surface area contributed by atoms with Gasteiger partial charge in [-0.1, -0.05) is 0 Å². The van der Waals surface area contributed by atoms with Gasteiger partial charge >= 0.3 is 0 Å². The van der Waals surface area contributed by atoms with Crippen LogP contribution in [0.1, 0.15) is 6.42 Å². The van der Waals surface area contributed by atoms with E-state index in [1.807, 2.05) is 7.05 Å². The Bertz CT molecular complexity index is 23.7. The van der Waals surface area contributed by atoms with Crippen LogP contribution in [0.25, 0.3) is 0 Å². The van der Waals surface area contributed by atoms with Crippen LogP contribution in [0.4, 0.5) is 0 Å². The molecular formula is C4H12BrNO. The fraction of sp³-hybridized carbons (Fsp3) is 1.00. The number of aliphatic hydroxyl groups is 1. The Balaban J connectivity index is 0. The van der Waals surface area contributed by atoms with E-state index in [1.54, 1.807) is 0 Å². The molecule has 0 amide bonds. The van der Waals surface area contributed by atoms with E-state index in [0.29, 0.717) is 6.61 Å². The Kier molecular flexibility index (Phi) is 14.3. The van der Waals surface area contributed by atoms with Crippen molar-refractivity contribution in [1.82, 2.24) is 0 Å². The minimum Gasteiger partial charge on any atom is -1.00 e. The third-order valence-corrected chi connectivity index (χ3v) is 0.651. The molecule has 0 aromatic rings. The second-order valence-electron chi connectivity index (χ2n) is 1.27. The fourth-order valence-electron chi connectivity index (χ4n) is 0.295. The van der Waals surface area contributed by atoms with Crippen molar-refractivity contribution in [2.24, 2.45) is 0 Å². The maximum Gasteiger partial charge on any atom is 0.0775 e. The van der Waals surface area contributed by atoms with Crippen LogP contribution in [0.3, 0.4) is 0 Å². The molecule has 46 valence electrons. The maximum atomic E-state index is 8.18. The number of halogens is 1. The van der Waals surface area contributed by atoms with Crippen LogP contribution in [-0.4, -0.2) is 25.3 Å². The molecule has 7 heavy (non-hydrogen) atoms. The summed E-state index contributed by atoms with van der Waals surface area (Å²) in [7, 11) is 2.00. The van der Waals surface area contributed by atoms with E-state index < -0.39 is 0 Å². The smallest absolute Gasteiger partial charge is 0.0775 e. The monoisotopic (exact) mass is 169 g/mol. The van der Waals surface area contributed by atoms with Gasteiger partial charge in [-0.15, -0.1) is 0 Å². The van der Waals surface area contributed by atoms with E-state index in [4.69, 9.17) is 5.11 Å². The zero-order chi connectivity index (χ0) is 4.83. The zero-order valence-corrected chi connectivity index (χ0v) is 6.11. The second kappa shape index (κ2) is 9.64. The highest BCUT2D eigenvalue weighted by molar-refractivity contribution is 4.21. The topological polar surface area (TPSA) is 36.8 Å². The van der Waals surface area contributed by atoms with Crippen LogP contribution in [0, 0.1) is 0 Å². The molecule has 0 radical (unpaired) electrons. The highest BCUT2D eigenvalue weighted by atomic mass is 79.9. The maximum absolute atomic E-state index is 8.18. The molecule has 0 atom stereocenters. The third-order valence-electron chi connectivity index (χ3n) is 0.651. The Morgan fingerprint density at radius 2 is 2.14 bits per heavy atom. The lowest BCUT2D eigenvalue weighted by molar-refractivity contribution is -0.627. The van der Waals surface area contributed by atoms with Gasteiger partial charge in [0.15, 0.2) is 0 Å². The van der Waals surface area contributed by atoms with Crippen LogP contribution in [-0.2, 0) is 0 Å². The number of rotatable bonds is 3. The van der Waals surface area contributed by atoms with Crippen molar-refractivity contribution in [2.45, 2.75) is 6.42 Å². The van der Waals surface area contributed by atoms with Gasteiger partial charge in [-0.25, -0.2) is 0 Å². The van der Waals surface area contributed by atoms with Crippen LogP contribution < -0.4 is 22.3 Å². The van der Waals surface area contributed by atoms with Gasteiger partial charge in [0.1, 0.15) is 0 Å². The third kappa shape index (κ3) is 10.7. The Morgan fingerprint density at radius 3 is 2.29 bits per heavy atom. The van der Waals surface area contributed by atoms with Gasteiger partial charge in [-0.05, 0) is 0 Å². The average Bonchev–Trinajstić information content (AvgIpc) is 1.61. The molecule has 0 saturated carbocycles. The summed E-state index contributed by atoms with van der Waals surface area (Å²) in [4.78, 5) is 0. The van der Waals surface area contributed by atoms with Gasteiger partial charge in [0, 0.05) is 13.0 Å². The largest absolute Gasteiger partial charge is 1.00 e. The molecule has 0 aliphatic carbocycles. The van der Waals surface area contributed by atoms with Crippen LogP contribution >= 0.6 is 0 Å². The predicted molar refractivity (Wildman–Crippen MR) is 24.4 cm³/mol. The zero-order valence-electron chi connectivity index (χ0n) is 4.52. The molecule has 0 spiro atoms. The SMILES string of the molecule is C[NH2+]CCCO.[Br-]. The first-order valence-corrected chi connectivity index (χ1v) is 2.30. The summed E-state index contributed by atoms with van der Waals surface area (Å²) in [5.74, 6) is 0. The summed E-state index contributed by atoms with van der Waals surface area (Å²) >= 11 is 0. The quantitative estimate of drug-likeness (QED) is 0.412. The van der Waals surface area contributed by atoms with Gasteiger partial charge in [0.05, 0.1) is 13.6 Å². The van der Waals surface area contributed by atoms with Gasteiger partial charge in [0.2, 0.25) is 0 Å². The van der Waals surface area contributed by atoms with E-state index in [1.165, 1.54) is 0 Å². The number of aliphatic hydroxyl groups excluding tert-OH is 1. The molecule has 0 aromatic heterocycles. The summed E-state index contributed by atoms with van der Waals surface area (Å²) in [6.07, 6.45) is 0.913. The summed E-state index contributed by atoms with van der Waals surface area (Å²) in [6.45, 7) is 1.36. The molecule has 0 bridgehead atoms. The molecule has 0 aromatic carbocycles. The number of quaternary nitrogens is 1.